The number of nitriles is 1. The van der Waals surface area contributed by atoms with Gasteiger partial charge in [0.15, 0.2) is 0 Å². The standard InChI is InChI=1S/C10H16N2O/c1-2-9(4-11)12-5-8-3-10(6-12)13-7-8/h8-10H,2-3,5-7H2,1H3. The Labute approximate surface area is 79.3 Å². The van der Waals surface area contributed by atoms with Crippen LogP contribution in [0.2, 0.25) is 0 Å². The highest BCUT2D eigenvalue weighted by Gasteiger charge is 2.35. The lowest BCUT2D eigenvalue weighted by Gasteiger charge is -2.32. The molecule has 2 aliphatic rings. The van der Waals surface area contributed by atoms with Crippen molar-refractivity contribution in [1.29, 1.82) is 5.26 Å². The fourth-order valence-electron chi connectivity index (χ4n) is 2.39. The van der Waals surface area contributed by atoms with Crippen LogP contribution in [0.4, 0.5) is 0 Å². The van der Waals surface area contributed by atoms with Crippen LogP contribution in [-0.2, 0) is 4.74 Å². The van der Waals surface area contributed by atoms with E-state index in [1.807, 2.05) is 0 Å². The molecule has 0 aliphatic carbocycles. The van der Waals surface area contributed by atoms with E-state index in [9.17, 15) is 0 Å². The third kappa shape index (κ3) is 1.70. The minimum absolute atomic E-state index is 0.104. The zero-order valence-corrected chi connectivity index (χ0v) is 8.07. The second kappa shape index (κ2) is 3.65. The van der Waals surface area contributed by atoms with E-state index in [1.165, 1.54) is 6.42 Å². The molecule has 0 amide bonds. The Kier molecular flexibility index (Phi) is 2.52. The number of hydrogen-bond donors (Lipinski definition) is 0. The molecule has 3 atom stereocenters. The molecule has 0 saturated carbocycles. The molecular weight excluding hydrogens is 164 g/mol. The summed E-state index contributed by atoms with van der Waals surface area (Å²) in [5.41, 5.74) is 0. The zero-order chi connectivity index (χ0) is 9.26. The molecule has 0 spiro atoms. The lowest BCUT2D eigenvalue weighted by atomic mass is 9.98. The van der Waals surface area contributed by atoms with Crippen LogP contribution in [-0.4, -0.2) is 36.7 Å². The summed E-state index contributed by atoms with van der Waals surface area (Å²) in [6.07, 6.45) is 2.54. The van der Waals surface area contributed by atoms with Gasteiger partial charge in [0.05, 0.1) is 24.8 Å². The van der Waals surface area contributed by atoms with Crippen LogP contribution < -0.4 is 0 Å². The van der Waals surface area contributed by atoms with Crippen molar-refractivity contribution in [2.75, 3.05) is 19.7 Å². The number of hydrogen-bond acceptors (Lipinski definition) is 3. The predicted octanol–water partition coefficient (Wildman–Crippen LogP) is 1.01. The van der Waals surface area contributed by atoms with Gasteiger partial charge in [0.2, 0.25) is 0 Å². The maximum Gasteiger partial charge on any atom is 0.0976 e. The smallest absolute Gasteiger partial charge is 0.0976 e. The van der Waals surface area contributed by atoms with Crippen LogP contribution >= 0.6 is 0 Å². The molecule has 2 saturated heterocycles. The number of fused-ring (bicyclic) bond motifs is 2. The van der Waals surface area contributed by atoms with Gasteiger partial charge in [0.1, 0.15) is 0 Å². The van der Waals surface area contributed by atoms with Crippen LogP contribution in [0, 0.1) is 17.2 Å². The maximum atomic E-state index is 8.94. The third-order valence-corrected chi connectivity index (χ3v) is 3.07. The molecule has 13 heavy (non-hydrogen) atoms. The fraction of sp³-hybridized carbons (Fsp3) is 0.900. The van der Waals surface area contributed by atoms with E-state index in [2.05, 4.69) is 17.9 Å². The Balaban J connectivity index is 1.98. The van der Waals surface area contributed by atoms with Crippen LogP contribution in [0.25, 0.3) is 0 Å². The first kappa shape index (κ1) is 8.98. The molecule has 2 bridgehead atoms. The number of ether oxygens (including phenoxy) is 1. The largest absolute Gasteiger partial charge is 0.377 e. The average Bonchev–Trinajstić information content (AvgIpc) is 2.48. The lowest BCUT2D eigenvalue weighted by Crippen LogP contribution is -2.44. The van der Waals surface area contributed by atoms with Gasteiger partial charge in [-0.3, -0.25) is 4.90 Å². The summed E-state index contributed by atoms with van der Waals surface area (Å²) in [6, 6.07) is 2.46. The van der Waals surface area contributed by atoms with E-state index >= 15 is 0 Å². The van der Waals surface area contributed by atoms with Crippen LogP contribution in [0.5, 0.6) is 0 Å². The minimum Gasteiger partial charge on any atom is -0.377 e. The Bertz CT molecular complexity index is 211. The van der Waals surface area contributed by atoms with Crippen molar-refractivity contribution < 1.29 is 4.74 Å². The summed E-state index contributed by atoms with van der Waals surface area (Å²) in [5, 5.41) is 8.94. The SMILES string of the molecule is CCC(C#N)N1CC2COC(C2)C1. The zero-order valence-electron chi connectivity index (χ0n) is 8.07. The molecule has 2 heterocycles. The quantitative estimate of drug-likeness (QED) is 0.636. The Morgan fingerprint density at radius 1 is 1.62 bits per heavy atom. The van der Waals surface area contributed by atoms with Gasteiger partial charge in [0, 0.05) is 13.1 Å². The summed E-state index contributed by atoms with van der Waals surface area (Å²) in [5.74, 6) is 0.682. The van der Waals surface area contributed by atoms with E-state index in [0.717, 1.165) is 26.1 Å². The molecule has 0 aromatic rings. The monoisotopic (exact) mass is 180 g/mol. The van der Waals surface area contributed by atoms with Gasteiger partial charge in [0.25, 0.3) is 0 Å². The Morgan fingerprint density at radius 2 is 2.46 bits per heavy atom. The Hall–Kier alpha value is -0.590. The van der Waals surface area contributed by atoms with Gasteiger partial charge in [-0.1, -0.05) is 6.92 Å². The number of likely N-dealkylation sites (tertiary alicyclic amines) is 1. The van der Waals surface area contributed by atoms with Gasteiger partial charge in [-0.2, -0.15) is 5.26 Å². The summed E-state index contributed by atoms with van der Waals surface area (Å²) < 4.78 is 5.60. The van der Waals surface area contributed by atoms with Crippen LogP contribution in [0.15, 0.2) is 0 Å². The van der Waals surface area contributed by atoms with E-state index < -0.39 is 0 Å². The Morgan fingerprint density at radius 3 is 3.08 bits per heavy atom. The predicted molar refractivity (Wildman–Crippen MR) is 49.1 cm³/mol. The number of nitrogens with zero attached hydrogens (tertiary/aromatic N) is 2. The molecule has 0 aromatic carbocycles. The van der Waals surface area contributed by atoms with Crippen molar-refractivity contribution in [2.45, 2.75) is 31.9 Å². The molecule has 0 N–H and O–H groups in total. The minimum atomic E-state index is 0.104. The maximum absolute atomic E-state index is 8.94. The van der Waals surface area contributed by atoms with Gasteiger partial charge in [-0.25, -0.2) is 0 Å². The first-order chi connectivity index (χ1) is 6.33. The van der Waals surface area contributed by atoms with Crippen molar-refractivity contribution in [3.8, 4) is 6.07 Å². The van der Waals surface area contributed by atoms with Gasteiger partial charge in [-0.05, 0) is 18.8 Å². The van der Waals surface area contributed by atoms with E-state index in [4.69, 9.17) is 10.00 Å². The fourth-order valence-corrected chi connectivity index (χ4v) is 2.39. The van der Waals surface area contributed by atoms with Crippen molar-refractivity contribution >= 4 is 0 Å². The van der Waals surface area contributed by atoms with E-state index in [1.54, 1.807) is 0 Å². The van der Waals surface area contributed by atoms with Crippen molar-refractivity contribution in [3.63, 3.8) is 0 Å². The highest BCUT2D eigenvalue weighted by Crippen LogP contribution is 2.28. The molecule has 72 valence electrons. The highest BCUT2D eigenvalue weighted by molar-refractivity contribution is 4.96. The second-order valence-electron chi connectivity index (χ2n) is 4.06. The van der Waals surface area contributed by atoms with Crippen LogP contribution in [0.3, 0.4) is 0 Å². The summed E-state index contributed by atoms with van der Waals surface area (Å²) in [4.78, 5) is 2.28. The van der Waals surface area contributed by atoms with E-state index in [0.29, 0.717) is 12.0 Å². The van der Waals surface area contributed by atoms with Gasteiger partial charge in [-0.15, -0.1) is 0 Å². The average molecular weight is 180 g/mol. The van der Waals surface area contributed by atoms with E-state index in [-0.39, 0.29) is 6.04 Å². The molecule has 2 aliphatic heterocycles. The van der Waals surface area contributed by atoms with Crippen LogP contribution in [0.1, 0.15) is 19.8 Å². The van der Waals surface area contributed by atoms with Crippen molar-refractivity contribution in [1.82, 2.24) is 4.90 Å². The molecule has 0 radical (unpaired) electrons. The summed E-state index contributed by atoms with van der Waals surface area (Å²) >= 11 is 0. The number of rotatable bonds is 2. The second-order valence-corrected chi connectivity index (χ2v) is 4.06. The van der Waals surface area contributed by atoms with Crippen molar-refractivity contribution in [3.05, 3.63) is 0 Å². The topological polar surface area (TPSA) is 36.3 Å². The third-order valence-electron chi connectivity index (χ3n) is 3.07. The van der Waals surface area contributed by atoms with Crippen molar-refractivity contribution in [2.24, 2.45) is 5.92 Å². The summed E-state index contributed by atoms with van der Waals surface area (Å²) in [7, 11) is 0. The van der Waals surface area contributed by atoms with Gasteiger partial charge >= 0.3 is 0 Å². The lowest BCUT2D eigenvalue weighted by molar-refractivity contribution is 0.0750. The molecule has 3 nitrogen and oxygen atoms in total. The first-order valence-corrected chi connectivity index (χ1v) is 5.08. The molecule has 2 rings (SSSR count). The highest BCUT2D eigenvalue weighted by atomic mass is 16.5. The first-order valence-electron chi connectivity index (χ1n) is 5.08. The van der Waals surface area contributed by atoms with Gasteiger partial charge < -0.3 is 4.74 Å². The normalized spacial score (nSPS) is 35.7. The molecule has 0 aromatic heterocycles. The molecule has 2 fully saturated rings. The number of piperidine rings is 1. The molecule has 3 heteroatoms. The summed E-state index contributed by atoms with van der Waals surface area (Å²) in [6.45, 7) is 5.00. The molecule has 3 unspecified atom stereocenters. The molecular formula is C10H16N2O.